The van der Waals surface area contributed by atoms with E-state index in [9.17, 15) is 18.0 Å². The Kier molecular flexibility index (Phi) is 4.30. The molecule has 0 saturated carbocycles. The molecule has 17 heavy (non-hydrogen) atoms. The Labute approximate surface area is 95.4 Å². The van der Waals surface area contributed by atoms with Gasteiger partial charge >= 0.3 is 5.97 Å². The number of aromatic nitrogens is 1. The van der Waals surface area contributed by atoms with Gasteiger partial charge in [-0.1, -0.05) is 0 Å². The van der Waals surface area contributed by atoms with Crippen molar-refractivity contribution in [3.05, 3.63) is 23.3 Å². The second kappa shape index (κ2) is 5.51. The summed E-state index contributed by atoms with van der Waals surface area (Å²) in [5, 5.41) is 0. The van der Waals surface area contributed by atoms with Crippen molar-refractivity contribution in [1.82, 2.24) is 4.98 Å². The van der Waals surface area contributed by atoms with Crippen LogP contribution in [0.4, 0.5) is 13.2 Å². The van der Waals surface area contributed by atoms with Gasteiger partial charge < -0.3 is 9.47 Å². The fraction of sp³-hybridized carbons (Fsp3) is 0.400. The first-order valence-corrected chi connectivity index (χ1v) is 4.57. The summed E-state index contributed by atoms with van der Waals surface area (Å²) in [6.07, 6.45) is -3.41. The average Bonchev–Trinajstić information content (AvgIpc) is 2.30. The third kappa shape index (κ3) is 3.08. The molecule has 94 valence electrons. The second-order valence-electron chi connectivity index (χ2n) is 3.07. The summed E-state index contributed by atoms with van der Waals surface area (Å²) in [7, 11) is 2.28. The Morgan fingerprint density at radius 1 is 1.47 bits per heavy atom. The molecule has 0 unspecified atom stereocenters. The summed E-state index contributed by atoms with van der Waals surface area (Å²) in [5.74, 6) is -2.27. The van der Waals surface area contributed by atoms with Crippen LogP contribution in [0.3, 0.4) is 0 Å². The first-order chi connectivity index (χ1) is 7.99. The van der Waals surface area contributed by atoms with E-state index in [2.05, 4.69) is 14.5 Å². The first-order valence-electron chi connectivity index (χ1n) is 4.57. The van der Waals surface area contributed by atoms with Crippen LogP contribution in [0.15, 0.2) is 6.07 Å². The first kappa shape index (κ1) is 13.3. The quantitative estimate of drug-likeness (QED) is 0.764. The molecule has 0 aromatic carbocycles. The topological polar surface area (TPSA) is 48.4 Å². The predicted octanol–water partition coefficient (Wildman–Crippen LogP) is 1.88. The summed E-state index contributed by atoms with van der Waals surface area (Å²) in [5.41, 5.74) is -1.08. The number of ether oxygens (including phenoxy) is 2. The van der Waals surface area contributed by atoms with Crippen LogP contribution in [-0.4, -0.2) is 25.2 Å². The number of rotatable bonds is 4. The number of methoxy groups -OCH3 is 2. The molecule has 0 amide bonds. The Bertz CT molecular complexity index is 424. The van der Waals surface area contributed by atoms with E-state index in [0.29, 0.717) is 0 Å². The van der Waals surface area contributed by atoms with E-state index in [1.54, 1.807) is 0 Å². The Morgan fingerprint density at radius 3 is 2.59 bits per heavy atom. The van der Waals surface area contributed by atoms with Crippen LogP contribution in [0.5, 0.6) is 5.75 Å². The summed E-state index contributed by atoms with van der Waals surface area (Å²) in [6, 6.07) is 1.08. The lowest BCUT2D eigenvalue weighted by Gasteiger charge is -2.09. The third-order valence-electron chi connectivity index (χ3n) is 1.98. The maximum Gasteiger partial charge on any atom is 0.311 e. The van der Waals surface area contributed by atoms with E-state index in [1.165, 1.54) is 0 Å². The molecule has 0 atom stereocenters. The van der Waals surface area contributed by atoms with Crippen molar-refractivity contribution in [2.24, 2.45) is 0 Å². The minimum atomic E-state index is -3.08. The standard InChI is InChI=1S/C10H10F3NO3/c1-16-6-3-5(4-7(15)17-2)14-9(8(6)11)10(12)13/h3,10H,4H2,1-2H3. The van der Waals surface area contributed by atoms with E-state index >= 15 is 0 Å². The van der Waals surface area contributed by atoms with Gasteiger partial charge in [-0.05, 0) is 0 Å². The molecule has 0 spiro atoms. The third-order valence-corrected chi connectivity index (χ3v) is 1.98. The lowest BCUT2D eigenvalue weighted by atomic mass is 10.2. The van der Waals surface area contributed by atoms with Crippen molar-refractivity contribution in [3.8, 4) is 5.75 Å². The number of carbonyl (C=O) groups is 1. The highest BCUT2D eigenvalue weighted by Gasteiger charge is 2.21. The minimum Gasteiger partial charge on any atom is -0.494 e. The highest BCUT2D eigenvalue weighted by Crippen LogP contribution is 2.27. The number of esters is 1. The molecule has 1 aromatic heterocycles. The van der Waals surface area contributed by atoms with E-state index in [4.69, 9.17) is 0 Å². The van der Waals surface area contributed by atoms with Crippen molar-refractivity contribution < 1.29 is 27.4 Å². The zero-order chi connectivity index (χ0) is 13.0. The number of alkyl halides is 2. The second-order valence-corrected chi connectivity index (χ2v) is 3.07. The maximum absolute atomic E-state index is 13.3. The molecule has 0 radical (unpaired) electrons. The van der Waals surface area contributed by atoms with Gasteiger partial charge in [-0.3, -0.25) is 4.79 Å². The summed E-state index contributed by atoms with van der Waals surface area (Å²) in [4.78, 5) is 14.3. The monoisotopic (exact) mass is 249 g/mol. The smallest absolute Gasteiger partial charge is 0.311 e. The number of carbonyl (C=O) groups excluding carboxylic acids is 1. The van der Waals surface area contributed by atoms with E-state index < -0.39 is 23.9 Å². The van der Waals surface area contributed by atoms with Gasteiger partial charge in [-0.2, -0.15) is 0 Å². The molecule has 0 N–H and O–H groups in total. The van der Waals surface area contributed by atoms with Gasteiger partial charge in [0.15, 0.2) is 11.6 Å². The van der Waals surface area contributed by atoms with E-state index in [1.807, 2.05) is 0 Å². The van der Waals surface area contributed by atoms with Gasteiger partial charge in [0.1, 0.15) is 5.69 Å². The molecule has 7 heteroatoms. The van der Waals surface area contributed by atoms with Crippen molar-refractivity contribution in [2.75, 3.05) is 14.2 Å². The predicted molar refractivity (Wildman–Crippen MR) is 51.4 cm³/mol. The molecule has 4 nitrogen and oxygen atoms in total. The Hall–Kier alpha value is -1.79. The van der Waals surface area contributed by atoms with Gasteiger partial charge in [0.2, 0.25) is 0 Å². The van der Waals surface area contributed by atoms with Crippen molar-refractivity contribution in [2.45, 2.75) is 12.8 Å². The van der Waals surface area contributed by atoms with E-state index in [0.717, 1.165) is 20.3 Å². The highest BCUT2D eigenvalue weighted by atomic mass is 19.3. The van der Waals surface area contributed by atoms with Crippen LogP contribution in [0, 0.1) is 5.82 Å². The van der Waals surface area contributed by atoms with Crippen LogP contribution < -0.4 is 4.74 Å². The fourth-order valence-corrected chi connectivity index (χ4v) is 1.18. The molecule has 0 aliphatic carbocycles. The molecule has 1 rings (SSSR count). The zero-order valence-corrected chi connectivity index (χ0v) is 9.17. The average molecular weight is 249 g/mol. The molecule has 0 aliphatic rings. The lowest BCUT2D eigenvalue weighted by Crippen LogP contribution is -2.09. The molecular formula is C10H10F3NO3. The number of nitrogens with zero attached hydrogens (tertiary/aromatic N) is 1. The minimum absolute atomic E-state index is 0.0367. The van der Waals surface area contributed by atoms with Crippen molar-refractivity contribution in [1.29, 1.82) is 0 Å². The van der Waals surface area contributed by atoms with Crippen molar-refractivity contribution >= 4 is 5.97 Å². The van der Waals surface area contributed by atoms with Crippen LogP contribution in [0.1, 0.15) is 17.8 Å². The molecule has 0 aliphatic heterocycles. The van der Waals surface area contributed by atoms with Gasteiger partial charge in [0.25, 0.3) is 6.43 Å². The maximum atomic E-state index is 13.3. The summed E-state index contributed by atoms with van der Waals surface area (Å²) < 4.78 is 47.2. The molecule has 0 saturated heterocycles. The normalized spacial score (nSPS) is 10.5. The zero-order valence-electron chi connectivity index (χ0n) is 9.17. The van der Waals surface area contributed by atoms with Crippen LogP contribution in [-0.2, 0) is 16.0 Å². The molecular weight excluding hydrogens is 239 g/mol. The highest BCUT2D eigenvalue weighted by molar-refractivity contribution is 5.71. The molecule has 0 bridgehead atoms. The Balaban J connectivity index is 3.15. The van der Waals surface area contributed by atoms with E-state index in [-0.39, 0.29) is 17.9 Å². The Morgan fingerprint density at radius 2 is 2.12 bits per heavy atom. The SMILES string of the molecule is COC(=O)Cc1cc(OC)c(F)c(C(F)F)n1. The van der Waals surface area contributed by atoms with Gasteiger partial charge in [0.05, 0.1) is 26.3 Å². The van der Waals surface area contributed by atoms with Gasteiger partial charge in [0, 0.05) is 6.07 Å². The summed E-state index contributed by atoms with van der Waals surface area (Å²) >= 11 is 0. The van der Waals surface area contributed by atoms with Crippen molar-refractivity contribution in [3.63, 3.8) is 0 Å². The van der Waals surface area contributed by atoms with Gasteiger partial charge in [-0.25, -0.2) is 18.2 Å². The van der Waals surface area contributed by atoms with Gasteiger partial charge in [-0.15, -0.1) is 0 Å². The van der Waals surface area contributed by atoms with Crippen LogP contribution >= 0.6 is 0 Å². The number of pyridine rings is 1. The fourth-order valence-electron chi connectivity index (χ4n) is 1.18. The molecule has 1 aromatic rings. The molecule has 1 heterocycles. The number of halogens is 3. The largest absolute Gasteiger partial charge is 0.494 e. The van der Waals surface area contributed by atoms with Crippen LogP contribution in [0.2, 0.25) is 0 Å². The lowest BCUT2D eigenvalue weighted by molar-refractivity contribution is -0.139. The molecule has 0 fully saturated rings. The van der Waals surface area contributed by atoms with Crippen LogP contribution in [0.25, 0.3) is 0 Å². The number of hydrogen-bond acceptors (Lipinski definition) is 4. The number of hydrogen-bond donors (Lipinski definition) is 0. The summed E-state index contributed by atoms with van der Waals surface area (Å²) in [6.45, 7) is 0.